The van der Waals surface area contributed by atoms with Gasteiger partial charge in [0, 0.05) is 11.3 Å². The number of aliphatic hydroxyl groups is 1. The van der Waals surface area contributed by atoms with Crippen molar-refractivity contribution in [2.24, 2.45) is 0 Å². The molecule has 0 saturated heterocycles. The maximum absolute atomic E-state index is 12.0. The SMILES string of the molecule is CCOc1ccccc1N1C[C@](O)(c2ccc(Oc3ccccc3)cc2)[N+]2=C1SCCC2. The number of nitrogens with zero attached hydrogens (tertiary/aromatic N) is 2. The molecule has 5 rings (SSSR count). The molecular weight excluding hydrogens is 420 g/mol. The molecule has 3 aromatic carbocycles. The number of anilines is 1. The molecule has 0 bridgehead atoms. The number of hydrogen-bond donors (Lipinski definition) is 1. The summed E-state index contributed by atoms with van der Waals surface area (Å²) in [7, 11) is 0. The van der Waals surface area contributed by atoms with E-state index in [1.165, 1.54) is 0 Å². The summed E-state index contributed by atoms with van der Waals surface area (Å²) in [5.41, 5.74) is 0.728. The van der Waals surface area contributed by atoms with Gasteiger partial charge in [-0.15, -0.1) is 0 Å². The molecule has 2 aliphatic rings. The Kier molecular flexibility index (Phi) is 5.81. The molecule has 0 aliphatic carbocycles. The van der Waals surface area contributed by atoms with Crippen molar-refractivity contribution < 1.29 is 19.2 Å². The second kappa shape index (κ2) is 8.88. The minimum atomic E-state index is -1.12. The highest BCUT2D eigenvalue weighted by molar-refractivity contribution is 8.13. The lowest BCUT2D eigenvalue weighted by atomic mass is 10.0. The topological polar surface area (TPSA) is 44.9 Å². The Morgan fingerprint density at radius 3 is 2.47 bits per heavy atom. The summed E-state index contributed by atoms with van der Waals surface area (Å²) >= 11 is 1.79. The van der Waals surface area contributed by atoms with E-state index in [1.807, 2.05) is 79.7 Å². The summed E-state index contributed by atoms with van der Waals surface area (Å²) in [6, 6.07) is 25.6. The van der Waals surface area contributed by atoms with Crippen molar-refractivity contribution >= 4 is 22.6 Å². The third-order valence-electron chi connectivity index (χ3n) is 5.80. The zero-order valence-corrected chi connectivity index (χ0v) is 18.9. The Hall–Kier alpha value is -2.96. The number of β-amino-alcohol motifs (C(OH)–C–C–N with tert-alkyl or cyclic N) is 1. The highest BCUT2D eigenvalue weighted by Crippen LogP contribution is 2.41. The van der Waals surface area contributed by atoms with Crippen LogP contribution < -0.4 is 14.4 Å². The first kappa shape index (κ1) is 20.9. The summed E-state index contributed by atoms with van der Waals surface area (Å²) < 4.78 is 14.0. The molecule has 0 radical (unpaired) electrons. The normalized spacial score (nSPS) is 20.2. The zero-order valence-electron chi connectivity index (χ0n) is 18.1. The Labute approximate surface area is 192 Å². The summed E-state index contributed by atoms with van der Waals surface area (Å²) in [6.45, 7) is 3.85. The van der Waals surface area contributed by atoms with Crippen LogP contribution in [0.2, 0.25) is 0 Å². The smallest absolute Gasteiger partial charge is 0.316 e. The molecule has 32 heavy (non-hydrogen) atoms. The molecule has 0 saturated carbocycles. The minimum Gasteiger partial charge on any atom is -0.489 e. The lowest BCUT2D eigenvalue weighted by Gasteiger charge is -2.24. The van der Waals surface area contributed by atoms with Gasteiger partial charge in [-0.25, -0.2) is 9.48 Å². The monoisotopic (exact) mass is 447 g/mol. The molecule has 2 heterocycles. The molecule has 1 atom stereocenters. The molecule has 6 heteroatoms. The van der Waals surface area contributed by atoms with E-state index in [1.54, 1.807) is 11.8 Å². The third kappa shape index (κ3) is 3.85. The second-order valence-corrected chi connectivity index (χ2v) is 8.94. The molecule has 5 nitrogen and oxygen atoms in total. The lowest BCUT2D eigenvalue weighted by Crippen LogP contribution is -2.41. The number of rotatable bonds is 6. The van der Waals surface area contributed by atoms with Crippen molar-refractivity contribution in [2.45, 2.75) is 19.1 Å². The van der Waals surface area contributed by atoms with Gasteiger partial charge in [-0.05, 0) is 73.6 Å². The summed E-state index contributed by atoms with van der Waals surface area (Å²) in [5.74, 6) is 3.42. The van der Waals surface area contributed by atoms with Gasteiger partial charge < -0.3 is 14.6 Å². The average Bonchev–Trinajstić information content (AvgIpc) is 3.15. The van der Waals surface area contributed by atoms with Crippen molar-refractivity contribution in [1.82, 2.24) is 0 Å². The van der Waals surface area contributed by atoms with Crippen LogP contribution >= 0.6 is 11.8 Å². The summed E-state index contributed by atoms with van der Waals surface area (Å²) in [6.07, 6.45) is 1.03. The van der Waals surface area contributed by atoms with Gasteiger partial charge in [0.1, 0.15) is 11.5 Å². The quantitative estimate of drug-likeness (QED) is 0.536. The maximum atomic E-state index is 12.0. The first-order chi connectivity index (χ1) is 15.7. The fraction of sp³-hybridized carbons (Fsp3) is 0.269. The van der Waals surface area contributed by atoms with Gasteiger partial charge in [0.2, 0.25) is 0 Å². The van der Waals surface area contributed by atoms with Crippen molar-refractivity contribution in [3.05, 3.63) is 84.4 Å². The van der Waals surface area contributed by atoms with Gasteiger partial charge in [-0.3, -0.25) is 0 Å². The highest BCUT2D eigenvalue weighted by atomic mass is 32.2. The van der Waals surface area contributed by atoms with E-state index in [2.05, 4.69) is 15.5 Å². The fourth-order valence-electron chi connectivity index (χ4n) is 4.31. The van der Waals surface area contributed by atoms with E-state index < -0.39 is 5.72 Å². The molecular formula is C26H27N2O3S+. The zero-order chi connectivity index (χ0) is 22.0. The first-order valence-electron chi connectivity index (χ1n) is 11.0. The van der Waals surface area contributed by atoms with Gasteiger partial charge in [0.05, 0.1) is 13.2 Å². The highest BCUT2D eigenvalue weighted by Gasteiger charge is 2.53. The number of ether oxygens (including phenoxy) is 2. The van der Waals surface area contributed by atoms with E-state index in [4.69, 9.17) is 9.47 Å². The molecule has 0 fully saturated rings. The average molecular weight is 448 g/mol. The standard InChI is InChI=1S/C26H27N2O3S/c1-2-30-24-12-7-6-11-23(24)27-19-26(29,28-17-8-18-32-25(27)28)20-13-15-22(16-14-20)31-21-9-4-3-5-10-21/h3-7,9-16,29H,2,8,17-19H2,1H3/q+1/t26-/m0/s1. The lowest BCUT2D eigenvalue weighted by molar-refractivity contribution is -0.656. The van der Waals surface area contributed by atoms with Crippen molar-refractivity contribution in [2.75, 3.05) is 30.3 Å². The molecule has 164 valence electrons. The minimum absolute atomic E-state index is 0.443. The molecule has 0 unspecified atom stereocenters. The molecule has 0 amide bonds. The molecule has 2 aliphatic heterocycles. The Bertz CT molecular complexity index is 1120. The number of thioether (sulfide) groups is 1. The number of para-hydroxylation sites is 3. The molecule has 1 N–H and O–H groups in total. The van der Waals surface area contributed by atoms with E-state index in [-0.39, 0.29) is 0 Å². The van der Waals surface area contributed by atoms with Gasteiger partial charge in [-0.1, -0.05) is 30.3 Å². The maximum Gasteiger partial charge on any atom is 0.316 e. The van der Waals surface area contributed by atoms with Crippen LogP contribution in [0.25, 0.3) is 0 Å². The summed E-state index contributed by atoms with van der Waals surface area (Å²) in [4.78, 5) is 2.20. The van der Waals surface area contributed by atoms with Crippen molar-refractivity contribution in [1.29, 1.82) is 0 Å². The molecule has 0 spiro atoms. The van der Waals surface area contributed by atoms with Gasteiger partial charge in [-0.2, -0.15) is 0 Å². The predicted octanol–water partition coefficient (Wildman–Crippen LogP) is 5.05. The number of benzene rings is 3. The first-order valence-corrected chi connectivity index (χ1v) is 12.0. The van der Waals surface area contributed by atoms with Crippen LogP contribution in [0.15, 0.2) is 78.9 Å². The second-order valence-electron chi connectivity index (χ2n) is 7.88. The van der Waals surface area contributed by atoms with Gasteiger partial charge in [0.15, 0.2) is 18.0 Å². The van der Waals surface area contributed by atoms with Gasteiger partial charge >= 0.3 is 5.17 Å². The molecule has 0 aromatic heterocycles. The Balaban J connectivity index is 1.47. The van der Waals surface area contributed by atoms with Crippen LogP contribution in [0.3, 0.4) is 0 Å². The summed E-state index contributed by atoms with van der Waals surface area (Å²) in [5, 5.41) is 13.0. The van der Waals surface area contributed by atoms with Crippen LogP contribution in [0.5, 0.6) is 17.2 Å². The Morgan fingerprint density at radius 1 is 0.969 bits per heavy atom. The number of hydrogen-bond acceptors (Lipinski definition) is 5. The van der Waals surface area contributed by atoms with E-state index in [9.17, 15) is 5.11 Å². The van der Waals surface area contributed by atoms with Gasteiger partial charge in [0.25, 0.3) is 5.72 Å². The number of amidine groups is 1. The third-order valence-corrected chi connectivity index (χ3v) is 6.99. The van der Waals surface area contributed by atoms with Crippen LogP contribution in [0.1, 0.15) is 18.9 Å². The Morgan fingerprint density at radius 2 is 1.69 bits per heavy atom. The predicted molar refractivity (Wildman–Crippen MR) is 129 cm³/mol. The largest absolute Gasteiger partial charge is 0.489 e. The fourth-order valence-corrected chi connectivity index (χ4v) is 5.48. The van der Waals surface area contributed by atoms with Crippen molar-refractivity contribution in [3.8, 4) is 17.2 Å². The van der Waals surface area contributed by atoms with Crippen LogP contribution in [0.4, 0.5) is 5.69 Å². The molecule has 3 aromatic rings. The van der Waals surface area contributed by atoms with E-state index >= 15 is 0 Å². The van der Waals surface area contributed by atoms with Crippen LogP contribution in [0, 0.1) is 0 Å². The van der Waals surface area contributed by atoms with E-state index in [0.29, 0.717) is 13.2 Å². The van der Waals surface area contributed by atoms with E-state index in [0.717, 1.165) is 52.4 Å². The van der Waals surface area contributed by atoms with Crippen LogP contribution in [-0.4, -0.2) is 40.3 Å². The van der Waals surface area contributed by atoms with Crippen molar-refractivity contribution in [3.63, 3.8) is 0 Å². The van der Waals surface area contributed by atoms with Crippen LogP contribution in [-0.2, 0) is 5.72 Å².